The summed E-state index contributed by atoms with van der Waals surface area (Å²) in [5, 5.41) is 1.90. The van der Waals surface area contributed by atoms with Crippen LogP contribution in [0.25, 0.3) is 16.6 Å². The average molecular weight is 430 g/mol. The van der Waals surface area contributed by atoms with Gasteiger partial charge in [-0.1, -0.05) is 35.0 Å². The number of aromatic amines is 1. The predicted molar refractivity (Wildman–Crippen MR) is 113 cm³/mol. The topological polar surface area (TPSA) is 67.8 Å². The van der Waals surface area contributed by atoms with E-state index in [-0.39, 0.29) is 17.1 Å². The van der Waals surface area contributed by atoms with Gasteiger partial charge in [0.2, 0.25) is 0 Å². The molecule has 0 saturated heterocycles. The van der Waals surface area contributed by atoms with E-state index in [9.17, 15) is 9.59 Å². The molecule has 140 valence electrons. The van der Waals surface area contributed by atoms with Crippen molar-refractivity contribution in [3.8, 4) is 5.69 Å². The summed E-state index contributed by atoms with van der Waals surface area (Å²) in [4.78, 5) is 33.0. The van der Waals surface area contributed by atoms with Crippen LogP contribution in [0, 0.1) is 0 Å². The molecule has 2 aromatic heterocycles. The van der Waals surface area contributed by atoms with Crippen LogP contribution in [0.4, 0.5) is 0 Å². The van der Waals surface area contributed by atoms with Crippen molar-refractivity contribution in [2.45, 2.75) is 5.16 Å². The highest BCUT2D eigenvalue weighted by atomic mass is 35.5. The summed E-state index contributed by atoms with van der Waals surface area (Å²) in [6, 6.07) is 15.3. The van der Waals surface area contributed by atoms with E-state index in [2.05, 4.69) is 9.97 Å². The van der Waals surface area contributed by atoms with Gasteiger partial charge in [-0.05, 0) is 54.6 Å². The highest BCUT2D eigenvalue weighted by Gasteiger charge is 2.16. The van der Waals surface area contributed by atoms with Gasteiger partial charge < -0.3 is 4.98 Å². The first-order chi connectivity index (χ1) is 13.5. The van der Waals surface area contributed by atoms with Crippen molar-refractivity contribution in [2.75, 3.05) is 5.75 Å². The Morgan fingerprint density at radius 2 is 1.82 bits per heavy atom. The molecule has 1 N–H and O–H groups in total. The second-order valence-corrected chi connectivity index (χ2v) is 7.78. The first-order valence-corrected chi connectivity index (χ1v) is 10.0. The lowest BCUT2D eigenvalue weighted by Crippen LogP contribution is -2.22. The van der Waals surface area contributed by atoms with Crippen LogP contribution in [0.3, 0.4) is 0 Å². The third-order valence-electron chi connectivity index (χ3n) is 4.12. The summed E-state index contributed by atoms with van der Waals surface area (Å²) in [7, 11) is 0. The van der Waals surface area contributed by atoms with E-state index in [4.69, 9.17) is 23.2 Å². The number of aromatic nitrogens is 3. The number of halogens is 2. The number of ketones is 1. The largest absolute Gasteiger partial charge is 0.359 e. The molecule has 0 amide bonds. The number of thioether (sulfide) groups is 1. The Bertz CT molecular complexity index is 1220. The fourth-order valence-corrected chi connectivity index (χ4v) is 3.95. The van der Waals surface area contributed by atoms with Crippen molar-refractivity contribution in [3.05, 3.63) is 86.9 Å². The summed E-state index contributed by atoms with van der Waals surface area (Å²) in [6.45, 7) is 0. The monoisotopic (exact) mass is 429 g/mol. The van der Waals surface area contributed by atoms with Gasteiger partial charge in [-0.2, -0.15) is 0 Å². The van der Waals surface area contributed by atoms with Crippen molar-refractivity contribution >= 4 is 51.6 Å². The van der Waals surface area contributed by atoms with E-state index in [0.717, 1.165) is 0 Å². The molecule has 0 saturated carbocycles. The number of H-pyrrole nitrogens is 1. The van der Waals surface area contributed by atoms with Gasteiger partial charge in [0, 0.05) is 16.2 Å². The Kier molecular flexibility index (Phi) is 5.26. The Labute approximate surface area is 174 Å². The van der Waals surface area contributed by atoms with Crippen molar-refractivity contribution in [2.24, 2.45) is 0 Å². The zero-order valence-corrected chi connectivity index (χ0v) is 16.7. The molecule has 2 heterocycles. The van der Waals surface area contributed by atoms with Gasteiger partial charge in [-0.25, -0.2) is 4.98 Å². The number of Topliss-reactive ketones (excluding diaryl/α,β-unsaturated/α-hetero) is 1. The van der Waals surface area contributed by atoms with Crippen molar-refractivity contribution < 1.29 is 4.79 Å². The molecule has 4 rings (SSSR count). The Morgan fingerprint density at radius 3 is 2.54 bits per heavy atom. The molecule has 0 fully saturated rings. The maximum atomic E-state index is 13.2. The number of hydrogen-bond donors (Lipinski definition) is 1. The van der Waals surface area contributed by atoms with Crippen LogP contribution < -0.4 is 5.56 Å². The molecule has 28 heavy (non-hydrogen) atoms. The van der Waals surface area contributed by atoms with Crippen LogP contribution >= 0.6 is 35.0 Å². The van der Waals surface area contributed by atoms with Crippen LogP contribution in [0.1, 0.15) is 10.5 Å². The normalized spacial score (nSPS) is 11.1. The highest BCUT2D eigenvalue weighted by Crippen LogP contribution is 2.24. The lowest BCUT2D eigenvalue weighted by atomic mass is 10.2. The maximum absolute atomic E-state index is 13.2. The molecular weight excluding hydrogens is 417 g/mol. The molecule has 2 aromatic carbocycles. The molecule has 5 nitrogen and oxygen atoms in total. The SMILES string of the molecule is O=C(CSc1nc2cc(Cl)ccc2c(=O)n1-c1ccc(Cl)cc1)c1ccc[nH]1. The molecule has 0 aliphatic carbocycles. The summed E-state index contributed by atoms with van der Waals surface area (Å²) in [5.74, 6) is 0.0465. The smallest absolute Gasteiger partial charge is 0.266 e. The summed E-state index contributed by atoms with van der Waals surface area (Å²) >= 11 is 13.2. The predicted octanol–water partition coefficient (Wildman–Crippen LogP) is 5.00. The number of benzene rings is 2. The third-order valence-corrected chi connectivity index (χ3v) is 5.54. The molecule has 0 bridgehead atoms. The minimum Gasteiger partial charge on any atom is -0.359 e. The maximum Gasteiger partial charge on any atom is 0.266 e. The zero-order chi connectivity index (χ0) is 19.7. The zero-order valence-electron chi connectivity index (χ0n) is 14.4. The molecule has 8 heteroatoms. The van der Waals surface area contributed by atoms with Gasteiger partial charge in [0.15, 0.2) is 10.9 Å². The van der Waals surface area contributed by atoms with Crippen molar-refractivity contribution in [1.29, 1.82) is 0 Å². The minimum absolute atomic E-state index is 0.0851. The fourth-order valence-electron chi connectivity index (χ4n) is 2.76. The molecule has 0 radical (unpaired) electrons. The Balaban J connectivity index is 1.82. The second-order valence-electron chi connectivity index (χ2n) is 5.97. The number of carbonyl (C=O) groups is 1. The van der Waals surface area contributed by atoms with E-state index in [1.807, 2.05) is 0 Å². The minimum atomic E-state index is -0.237. The number of nitrogens with one attached hydrogen (secondary N) is 1. The quantitative estimate of drug-likeness (QED) is 0.275. The summed E-state index contributed by atoms with van der Waals surface area (Å²) in [5.41, 5.74) is 1.38. The van der Waals surface area contributed by atoms with E-state index in [1.54, 1.807) is 60.8 Å². The first kappa shape index (κ1) is 18.8. The molecule has 4 aromatic rings. The van der Waals surface area contributed by atoms with Gasteiger partial charge in [0.1, 0.15) is 0 Å². The highest BCUT2D eigenvalue weighted by molar-refractivity contribution is 7.99. The van der Waals surface area contributed by atoms with Gasteiger partial charge in [-0.3, -0.25) is 14.2 Å². The van der Waals surface area contributed by atoms with Crippen LogP contribution in [-0.4, -0.2) is 26.1 Å². The molecule has 0 unspecified atom stereocenters. The van der Waals surface area contributed by atoms with E-state index in [1.165, 1.54) is 16.3 Å². The van der Waals surface area contributed by atoms with Gasteiger partial charge in [0.25, 0.3) is 5.56 Å². The summed E-state index contributed by atoms with van der Waals surface area (Å²) < 4.78 is 1.49. The molecule has 0 aliphatic rings. The number of carbonyl (C=O) groups excluding carboxylic acids is 1. The number of nitrogens with zero attached hydrogens (tertiary/aromatic N) is 2. The van der Waals surface area contributed by atoms with Crippen molar-refractivity contribution in [3.63, 3.8) is 0 Å². The van der Waals surface area contributed by atoms with E-state index in [0.29, 0.717) is 37.5 Å². The number of rotatable bonds is 5. The standard InChI is InChI=1S/C20H13Cl2N3O2S/c21-12-3-6-14(7-4-12)25-19(27)15-8-5-13(22)10-17(15)24-20(25)28-11-18(26)16-2-1-9-23-16/h1-10,23H,11H2. The third kappa shape index (κ3) is 3.71. The fraction of sp³-hybridized carbons (Fsp3) is 0.0500. The molecule has 0 aliphatic heterocycles. The number of fused-ring (bicyclic) bond motifs is 1. The lowest BCUT2D eigenvalue weighted by molar-refractivity contribution is 0.101. The average Bonchev–Trinajstić information content (AvgIpc) is 3.22. The number of hydrogen-bond acceptors (Lipinski definition) is 4. The van der Waals surface area contributed by atoms with Crippen LogP contribution in [0.15, 0.2) is 70.7 Å². The van der Waals surface area contributed by atoms with E-state index < -0.39 is 0 Å². The van der Waals surface area contributed by atoms with Crippen molar-refractivity contribution in [1.82, 2.24) is 14.5 Å². The molecule has 0 atom stereocenters. The Morgan fingerprint density at radius 1 is 1.07 bits per heavy atom. The molecular formula is C20H13Cl2N3O2S. The molecule has 0 spiro atoms. The van der Waals surface area contributed by atoms with Gasteiger partial charge in [0.05, 0.1) is 28.0 Å². The van der Waals surface area contributed by atoms with Crippen LogP contribution in [-0.2, 0) is 0 Å². The lowest BCUT2D eigenvalue weighted by Gasteiger charge is -2.13. The van der Waals surface area contributed by atoms with Crippen LogP contribution in [0.5, 0.6) is 0 Å². The van der Waals surface area contributed by atoms with Gasteiger partial charge >= 0.3 is 0 Å². The second kappa shape index (κ2) is 7.83. The van der Waals surface area contributed by atoms with E-state index >= 15 is 0 Å². The Hall–Kier alpha value is -2.54. The first-order valence-electron chi connectivity index (χ1n) is 8.30. The summed E-state index contributed by atoms with van der Waals surface area (Å²) in [6.07, 6.45) is 1.69. The van der Waals surface area contributed by atoms with Gasteiger partial charge in [-0.15, -0.1) is 0 Å². The van der Waals surface area contributed by atoms with Crippen LogP contribution in [0.2, 0.25) is 10.0 Å².